The van der Waals surface area contributed by atoms with E-state index in [4.69, 9.17) is 14.3 Å². The lowest BCUT2D eigenvalue weighted by atomic mass is 10.1. The van der Waals surface area contributed by atoms with Crippen LogP contribution in [0.4, 0.5) is 0 Å². The van der Waals surface area contributed by atoms with Crippen LogP contribution in [0.3, 0.4) is 0 Å². The third-order valence-electron chi connectivity index (χ3n) is 4.37. The van der Waals surface area contributed by atoms with Crippen molar-refractivity contribution in [1.29, 1.82) is 0 Å². The van der Waals surface area contributed by atoms with Gasteiger partial charge in [0.25, 0.3) is 0 Å². The van der Waals surface area contributed by atoms with E-state index in [0.29, 0.717) is 18.3 Å². The van der Waals surface area contributed by atoms with Gasteiger partial charge in [0.15, 0.2) is 11.8 Å². The Morgan fingerprint density at radius 1 is 1.10 bits per heavy atom. The lowest BCUT2D eigenvalue weighted by Crippen LogP contribution is -2.37. The molecule has 166 valence electrons. The molecule has 0 aliphatic carbocycles. The lowest BCUT2D eigenvalue weighted by molar-refractivity contribution is 0.372. The van der Waals surface area contributed by atoms with E-state index in [2.05, 4.69) is 39.8 Å². The number of aliphatic imine (C=N–C) groups is 1. The van der Waals surface area contributed by atoms with E-state index >= 15 is 0 Å². The molecule has 2 aromatic carbocycles. The van der Waals surface area contributed by atoms with Gasteiger partial charge in [-0.2, -0.15) is 4.98 Å². The van der Waals surface area contributed by atoms with Crippen molar-refractivity contribution in [2.75, 3.05) is 13.1 Å². The highest BCUT2D eigenvalue weighted by Crippen LogP contribution is 2.27. The molecule has 7 nitrogen and oxygen atoms in total. The summed E-state index contributed by atoms with van der Waals surface area (Å²) in [4.78, 5) is 8.95. The number of guanidine groups is 1. The topological polar surface area (TPSA) is 84.6 Å². The molecule has 0 saturated heterocycles. The number of aryl methyl sites for hydroxylation is 3. The summed E-state index contributed by atoms with van der Waals surface area (Å²) in [5.41, 5.74) is 2.18. The average molecular weight is 535 g/mol. The van der Waals surface area contributed by atoms with Crippen molar-refractivity contribution < 1.29 is 9.26 Å². The molecule has 0 spiro atoms. The Morgan fingerprint density at radius 3 is 2.61 bits per heavy atom. The first kappa shape index (κ1) is 24.6. The largest absolute Gasteiger partial charge is 0.457 e. The minimum atomic E-state index is 0. The van der Waals surface area contributed by atoms with Crippen LogP contribution in [0.5, 0.6) is 11.5 Å². The van der Waals surface area contributed by atoms with Crippen LogP contribution in [0, 0.1) is 13.8 Å². The van der Waals surface area contributed by atoms with Crippen molar-refractivity contribution in [3.8, 4) is 11.5 Å². The highest BCUT2D eigenvalue weighted by Gasteiger charge is 2.07. The summed E-state index contributed by atoms with van der Waals surface area (Å²) >= 11 is 0. The SMILES string of the molecule is CCNC(=NCc1ccc(C)cc1Oc1ccccc1)NCCCc1nc(C)no1.I. The zero-order valence-corrected chi connectivity index (χ0v) is 20.6. The second-order valence-corrected chi connectivity index (χ2v) is 6.99. The van der Waals surface area contributed by atoms with E-state index in [-0.39, 0.29) is 24.0 Å². The highest BCUT2D eigenvalue weighted by molar-refractivity contribution is 14.0. The molecule has 0 bridgehead atoms. The molecule has 0 aliphatic rings. The predicted octanol–water partition coefficient (Wildman–Crippen LogP) is 4.78. The van der Waals surface area contributed by atoms with Crippen LogP contribution in [-0.4, -0.2) is 29.2 Å². The van der Waals surface area contributed by atoms with Crippen molar-refractivity contribution in [2.24, 2.45) is 4.99 Å². The Labute approximate surface area is 200 Å². The second-order valence-electron chi connectivity index (χ2n) is 6.99. The summed E-state index contributed by atoms with van der Waals surface area (Å²) in [5, 5.41) is 10.5. The van der Waals surface area contributed by atoms with Crippen LogP contribution in [0.25, 0.3) is 0 Å². The first-order valence-corrected chi connectivity index (χ1v) is 10.3. The van der Waals surface area contributed by atoms with Gasteiger partial charge in [-0.05, 0) is 51.0 Å². The number of nitrogens with one attached hydrogen (secondary N) is 2. The summed E-state index contributed by atoms with van der Waals surface area (Å²) in [6.07, 6.45) is 1.61. The zero-order valence-electron chi connectivity index (χ0n) is 18.2. The monoisotopic (exact) mass is 535 g/mol. The maximum atomic E-state index is 6.10. The molecule has 0 saturated carbocycles. The Bertz CT molecular complexity index is 960. The molecule has 0 atom stereocenters. The Kier molecular flexibility index (Phi) is 10.3. The minimum Gasteiger partial charge on any atom is -0.457 e. The summed E-state index contributed by atoms with van der Waals surface area (Å²) in [7, 11) is 0. The van der Waals surface area contributed by atoms with Crippen LogP contribution < -0.4 is 15.4 Å². The van der Waals surface area contributed by atoms with Gasteiger partial charge in [-0.1, -0.05) is 35.5 Å². The molecule has 0 radical (unpaired) electrons. The molecular weight excluding hydrogens is 505 g/mol. The van der Waals surface area contributed by atoms with E-state index in [0.717, 1.165) is 54.5 Å². The summed E-state index contributed by atoms with van der Waals surface area (Å²) in [6, 6.07) is 16.0. The number of halogens is 1. The quantitative estimate of drug-likeness (QED) is 0.178. The van der Waals surface area contributed by atoms with Gasteiger partial charge < -0.3 is 19.9 Å². The molecule has 3 rings (SSSR count). The lowest BCUT2D eigenvalue weighted by Gasteiger charge is -2.13. The van der Waals surface area contributed by atoms with E-state index in [1.807, 2.05) is 50.2 Å². The summed E-state index contributed by atoms with van der Waals surface area (Å²) in [6.45, 7) is 7.99. The van der Waals surface area contributed by atoms with Crippen LogP contribution in [0.2, 0.25) is 0 Å². The third-order valence-corrected chi connectivity index (χ3v) is 4.37. The normalized spacial score (nSPS) is 11.0. The molecule has 1 aromatic heterocycles. The van der Waals surface area contributed by atoms with Gasteiger partial charge in [-0.25, -0.2) is 4.99 Å². The number of rotatable bonds is 9. The zero-order chi connectivity index (χ0) is 21.2. The Morgan fingerprint density at radius 2 is 1.90 bits per heavy atom. The predicted molar refractivity (Wildman–Crippen MR) is 133 cm³/mol. The number of hydrogen-bond donors (Lipinski definition) is 2. The molecular formula is C23H30IN5O2. The van der Waals surface area contributed by atoms with E-state index in [1.54, 1.807) is 0 Å². The summed E-state index contributed by atoms with van der Waals surface area (Å²) < 4.78 is 11.2. The molecule has 2 N–H and O–H groups in total. The fraction of sp³-hybridized carbons (Fsp3) is 0.348. The molecule has 1 heterocycles. The molecule has 3 aromatic rings. The van der Waals surface area contributed by atoms with E-state index in [9.17, 15) is 0 Å². The van der Waals surface area contributed by atoms with Gasteiger partial charge in [0, 0.05) is 25.1 Å². The fourth-order valence-corrected chi connectivity index (χ4v) is 2.90. The standard InChI is InChI=1S/C23H29N5O2.HI/c1-4-24-23(25-14-8-11-22-27-18(3)28-30-22)26-16-19-13-12-17(2)15-21(19)29-20-9-6-5-7-10-20;/h5-7,9-10,12-13,15H,4,8,11,14,16H2,1-3H3,(H2,24,25,26);1H. The van der Waals surface area contributed by atoms with Gasteiger partial charge in [0.1, 0.15) is 11.5 Å². The van der Waals surface area contributed by atoms with Gasteiger partial charge in [-0.15, -0.1) is 24.0 Å². The number of aromatic nitrogens is 2. The minimum absolute atomic E-state index is 0. The van der Waals surface area contributed by atoms with E-state index < -0.39 is 0 Å². The van der Waals surface area contributed by atoms with Crippen molar-refractivity contribution in [3.05, 3.63) is 71.4 Å². The highest BCUT2D eigenvalue weighted by atomic mass is 127. The van der Waals surface area contributed by atoms with Gasteiger partial charge >= 0.3 is 0 Å². The van der Waals surface area contributed by atoms with Crippen LogP contribution in [-0.2, 0) is 13.0 Å². The summed E-state index contributed by atoms with van der Waals surface area (Å²) in [5.74, 6) is 3.74. The number of ether oxygens (including phenoxy) is 1. The molecule has 31 heavy (non-hydrogen) atoms. The van der Waals surface area contributed by atoms with Gasteiger partial charge in [0.2, 0.25) is 5.89 Å². The van der Waals surface area contributed by atoms with Crippen LogP contribution in [0.15, 0.2) is 58.0 Å². The molecule has 0 aliphatic heterocycles. The second kappa shape index (κ2) is 12.9. The average Bonchev–Trinajstić information content (AvgIpc) is 3.16. The molecule has 0 fully saturated rings. The fourth-order valence-electron chi connectivity index (χ4n) is 2.90. The third kappa shape index (κ3) is 8.20. The number of hydrogen-bond acceptors (Lipinski definition) is 5. The Hall–Kier alpha value is -2.62. The maximum Gasteiger partial charge on any atom is 0.226 e. The smallest absolute Gasteiger partial charge is 0.226 e. The van der Waals surface area contributed by atoms with Crippen LogP contribution in [0.1, 0.15) is 36.2 Å². The number of nitrogens with zero attached hydrogens (tertiary/aromatic N) is 3. The molecule has 8 heteroatoms. The van der Waals surface area contributed by atoms with Crippen molar-refractivity contribution >= 4 is 29.9 Å². The maximum absolute atomic E-state index is 6.10. The molecule has 0 amide bonds. The van der Waals surface area contributed by atoms with Gasteiger partial charge in [0.05, 0.1) is 6.54 Å². The molecule has 0 unspecified atom stereocenters. The van der Waals surface area contributed by atoms with Crippen molar-refractivity contribution in [3.63, 3.8) is 0 Å². The van der Waals surface area contributed by atoms with Crippen molar-refractivity contribution in [2.45, 2.75) is 40.2 Å². The number of benzene rings is 2. The van der Waals surface area contributed by atoms with E-state index in [1.165, 1.54) is 0 Å². The van der Waals surface area contributed by atoms with Crippen LogP contribution >= 0.6 is 24.0 Å². The first-order chi connectivity index (χ1) is 14.6. The Balaban J connectivity index is 0.00000341. The van der Waals surface area contributed by atoms with Gasteiger partial charge in [-0.3, -0.25) is 0 Å². The van der Waals surface area contributed by atoms with Crippen molar-refractivity contribution in [1.82, 2.24) is 20.8 Å². The number of para-hydroxylation sites is 1. The first-order valence-electron chi connectivity index (χ1n) is 10.3.